The third-order valence-corrected chi connectivity index (χ3v) is 3.88. The molecule has 1 atom stereocenters. The van der Waals surface area contributed by atoms with Gasteiger partial charge in [-0.25, -0.2) is 9.07 Å². The molecule has 1 aromatic carbocycles. The lowest BCUT2D eigenvalue weighted by atomic mass is 10.0. The Kier molecular flexibility index (Phi) is 4.61. The van der Waals surface area contributed by atoms with Crippen LogP contribution in [-0.4, -0.2) is 57.3 Å². The van der Waals surface area contributed by atoms with E-state index < -0.39 is 6.04 Å². The molecule has 1 aromatic heterocycles. The number of hydrogen-bond donors (Lipinski definition) is 0. The monoisotopic (exact) mass is 319 g/mol. The first kappa shape index (κ1) is 15.5. The summed E-state index contributed by atoms with van der Waals surface area (Å²) in [5.74, 6) is 0.148. The summed E-state index contributed by atoms with van der Waals surface area (Å²) in [6, 6.07) is 5.64. The Bertz CT molecular complexity index is 684. The topological polar surface area (TPSA) is 73.1 Å². The van der Waals surface area contributed by atoms with Crippen molar-refractivity contribution in [3.63, 3.8) is 0 Å². The van der Waals surface area contributed by atoms with Crippen LogP contribution in [0.25, 0.3) is 0 Å². The fraction of sp³-hybridized carbons (Fsp3) is 0.467. The molecule has 0 N–H and O–H groups in total. The van der Waals surface area contributed by atoms with Gasteiger partial charge in [-0.05, 0) is 35.0 Å². The van der Waals surface area contributed by atoms with Crippen LogP contribution < -0.4 is 0 Å². The van der Waals surface area contributed by atoms with Gasteiger partial charge in [0.15, 0.2) is 0 Å². The highest BCUT2D eigenvalue weighted by Gasteiger charge is 2.29. The normalized spacial score (nSPS) is 16.3. The standard InChI is InChI=1S/C15H18FN5O2/c1-11-17-18-19-21(11)14(10-12-3-2-4-13(16)9-12)15(22)20-5-7-23-8-6-20/h2-4,9,14H,5-8,10H2,1H3/t14-/m0/s1. The van der Waals surface area contributed by atoms with E-state index in [2.05, 4.69) is 15.5 Å². The molecule has 1 saturated heterocycles. The second-order valence-electron chi connectivity index (χ2n) is 5.46. The summed E-state index contributed by atoms with van der Waals surface area (Å²) in [6.07, 6.45) is 0.333. The van der Waals surface area contributed by atoms with Crippen molar-refractivity contribution >= 4 is 5.91 Å². The van der Waals surface area contributed by atoms with Crippen LogP contribution in [0.1, 0.15) is 17.4 Å². The molecule has 0 aliphatic carbocycles. The Labute approximate surface area is 133 Å². The maximum Gasteiger partial charge on any atom is 0.248 e. The second-order valence-corrected chi connectivity index (χ2v) is 5.46. The molecule has 7 nitrogen and oxygen atoms in total. The number of carbonyl (C=O) groups is 1. The Balaban J connectivity index is 1.87. The Morgan fingerprint density at radius 2 is 2.17 bits per heavy atom. The quantitative estimate of drug-likeness (QED) is 0.832. The number of morpholine rings is 1. The van der Waals surface area contributed by atoms with Crippen molar-refractivity contribution in [2.75, 3.05) is 26.3 Å². The summed E-state index contributed by atoms with van der Waals surface area (Å²) < 4.78 is 20.2. The van der Waals surface area contributed by atoms with Crippen molar-refractivity contribution in [3.8, 4) is 0 Å². The van der Waals surface area contributed by atoms with Gasteiger partial charge in [0.1, 0.15) is 17.7 Å². The van der Waals surface area contributed by atoms with Crippen molar-refractivity contribution in [2.45, 2.75) is 19.4 Å². The average Bonchev–Trinajstić information content (AvgIpc) is 2.99. The van der Waals surface area contributed by atoms with Gasteiger partial charge in [0.2, 0.25) is 5.91 Å². The third-order valence-electron chi connectivity index (χ3n) is 3.88. The first-order chi connectivity index (χ1) is 11.1. The second kappa shape index (κ2) is 6.82. The van der Waals surface area contributed by atoms with Crippen molar-refractivity contribution in [3.05, 3.63) is 41.5 Å². The lowest BCUT2D eigenvalue weighted by molar-refractivity contribution is -0.139. The highest BCUT2D eigenvalue weighted by molar-refractivity contribution is 5.80. The Morgan fingerprint density at radius 1 is 1.39 bits per heavy atom. The molecular weight excluding hydrogens is 301 g/mol. The number of hydrogen-bond acceptors (Lipinski definition) is 5. The minimum atomic E-state index is -0.593. The molecule has 1 aliphatic heterocycles. The number of aryl methyl sites for hydroxylation is 1. The highest BCUT2D eigenvalue weighted by Crippen LogP contribution is 2.19. The van der Waals surface area contributed by atoms with Crippen molar-refractivity contribution in [1.82, 2.24) is 25.1 Å². The summed E-state index contributed by atoms with van der Waals surface area (Å²) in [4.78, 5) is 14.6. The zero-order valence-corrected chi connectivity index (χ0v) is 12.9. The zero-order valence-electron chi connectivity index (χ0n) is 12.9. The maximum atomic E-state index is 13.4. The number of amides is 1. The van der Waals surface area contributed by atoms with Crippen LogP contribution in [0.3, 0.4) is 0 Å². The molecule has 8 heteroatoms. The number of halogens is 1. The lowest BCUT2D eigenvalue weighted by Gasteiger charge is -2.30. The van der Waals surface area contributed by atoms with E-state index in [4.69, 9.17) is 4.74 Å². The first-order valence-corrected chi connectivity index (χ1v) is 7.50. The Hall–Kier alpha value is -2.35. The minimum absolute atomic E-state index is 0.0760. The SMILES string of the molecule is Cc1nnnn1[C@@H](Cc1cccc(F)c1)C(=O)N1CCOCC1. The minimum Gasteiger partial charge on any atom is -0.378 e. The number of benzene rings is 1. The van der Waals surface area contributed by atoms with E-state index in [0.717, 1.165) is 5.56 Å². The summed E-state index contributed by atoms with van der Waals surface area (Å²) in [7, 11) is 0. The molecule has 0 spiro atoms. The highest BCUT2D eigenvalue weighted by atomic mass is 19.1. The van der Waals surface area contributed by atoms with Crippen molar-refractivity contribution < 1.29 is 13.9 Å². The fourth-order valence-corrected chi connectivity index (χ4v) is 2.69. The van der Waals surface area contributed by atoms with E-state index in [1.54, 1.807) is 24.0 Å². The van der Waals surface area contributed by atoms with E-state index in [1.807, 2.05) is 0 Å². The molecule has 0 bridgehead atoms. The van der Waals surface area contributed by atoms with Gasteiger partial charge in [-0.2, -0.15) is 0 Å². The summed E-state index contributed by atoms with van der Waals surface area (Å²) in [6.45, 7) is 3.87. The lowest BCUT2D eigenvalue weighted by Crippen LogP contribution is -2.45. The number of ether oxygens (including phenoxy) is 1. The van der Waals surface area contributed by atoms with E-state index in [1.165, 1.54) is 16.8 Å². The smallest absolute Gasteiger partial charge is 0.248 e. The number of rotatable bonds is 4. The molecule has 2 heterocycles. The average molecular weight is 319 g/mol. The largest absolute Gasteiger partial charge is 0.378 e. The van der Waals surface area contributed by atoms with Gasteiger partial charge in [0, 0.05) is 19.5 Å². The number of nitrogens with zero attached hydrogens (tertiary/aromatic N) is 5. The van der Waals surface area contributed by atoms with Crippen LogP contribution in [0.5, 0.6) is 0 Å². The van der Waals surface area contributed by atoms with Gasteiger partial charge in [-0.15, -0.1) is 5.10 Å². The molecule has 1 fully saturated rings. The number of aromatic nitrogens is 4. The van der Waals surface area contributed by atoms with Crippen molar-refractivity contribution in [1.29, 1.82) is 0 Å². The van der Waals surface area contributed by atoms with Gasteiger partial charge < -0.3 is 9.64 Å². The number of tetrazole rings is 1. The predicted octanol–water partition coefficient (Wildman–Crippen LogP) is 0.763. The molecule has 0 saturated carbocycles. The van der Waals surface area contributed by atoms with Crippen LogP contribution in [0.4, 0.5) is 4.39 Å². The Morgan fingerprint density at radius 3 is 2.83 bits per heavy atom. The van der Waals surface area contributed by atoms with E-state index in [0.29, 0.717) is 38.5 Å². The van der Waals surface area contributed by atoms with Crippen LogP contribution in [0, 0.1) is 12.7 Å². The van der Waals surface area contributed by atoms with Gasteiger partial charge in [0.25, 0.3) is 0 Å². The van der Waals surface area contributed by atoms with Crippen molar-refractivity contribution in [2.24, 2.45) is 0 Å². The van der Waals surface area contributed by atoms with Crippen LogP contribution in [-0.2, 0) is 16.0 Å². The molecule has 1 aliphatic rings. The van der Waals surface area contributed by atoms with Gasteiger partial charge in [0.05, 0.1) is 13.2 Å². The van der Waals surface area contributed by atoms with E-state index in [-0.39, 0.29) is 11.7 Å². The van der Waals surface area contributed by atoms with Crippen LogP contribution in [0.15, 0.2) is 24.3 Å². The molecular formula is C15H18FN5O2. The molecule has 23 heavy (non-hydrogen) atoms. The zero-order chi connectivity index (χ0) is 16.2. The molecule has 3 rings (SSSR count). The van der Waals surface area contributed by atoms with Gasteiger partial charge in [-0.1, -0.05) is 12.1 Å². The molecule has 2 aromatic rings. The van der Waals surface area contributed by atoms with E-state index in [9.17, 15) is 9.18 Å². The molecule has 0 unspecified atom stereocenters. The first-order valence-electron chi connectivity index (χ1n) is 7.50. The van der Waals surface area contributed by atoms with Gasteiger partial charge in [-0.3, -0.25) is 4.79 Å². The predicted molar refractivity (Wildman–Crippen MR) is 79.1 cm³/mol. The fourth-order valence-electron chi connectivity index (χ4n) is 2.69. The molecule has 0 radical (unpaired) electrons. The van der Waals surface area contributed by atoms with E-state index >= 15 is 0 Å². The summed E-state index contributed by atoms with van der Waals surface area (Å²) in [5.41, 5.74) is 0.728. The number of carbonyl (C=O) groups excluding carboxylic acids is 1. The van der Waals surface area contributed by atoms with Crippen LogP contribution >= 0.6 is 0 Å². The molecule has 122 valence electrons. The maximum absolute atomic E-state index is 13.4. The third kappa shape index (κ3) is 3.53. The van der Waals surface area contributed by atoms with Gasteiger partial charge >= 0.3 is 0 Å². The molecule has 1 amide bonds. The summed E-state index contributed by atoms with van der Waals surface area (Å²) in [5, 5.41) is 11.4. The summed E-state index contributed by atoms with van der Waals surface area (Å²) >= 11 is 0. The van der Waals surface area contributed by atoms with Crippen LogP contribution in [0.2, 0.25) is 0 Å².